The van der Waals surface area contributed by atoms with Gasteiger partial charge in [-0.2, -0.15) is 9.37 Å². The second kappa shape index (κ2) is 10.1. The van der Waals surface area contributed by atoms with Crippen molar-refractivity contribution in [1.82, 2.24) is 14.9 Å². The van der Waals surface area contributed by atoms with Gasteiger partial charge in [-0.3, -0.25) is 0 Å². The van der Waals surface area contributed by atoms with Crippen LogP contribution in [0, 0.1) is 18.7 Å². The van der Waals surface area contributed by atoms with Gasteiger partial charge in [0.1, 0.15) is 0 Å². The molecule has 4 rings (SSSR count). The average Bonchev–Trinajstić information content (AvgIpc) is 2.80. The van der Waals surface area contributed by atoms with E-state index < -0.39 is 5.82 Å². The zero-order chi connectivity index (χ0) is 22.3. The fraction of sp³-hybridized carbons (Fsp3) is 0.292. The Morgan fingerprint density at radius 1 is 1.12 bits per heavy atom. The molecule has 1 saturated heterocycles. The fourth-order valence-electron chi connectivity index (χ4n) is 3.59. The highest BCUT2D eigenvalue weighted by atomic mass is 19.1. The summed E-state index contributed by atoms with van der Waals surface area (Å²) >= 11 is 0. The lowest BCUT2D eigenvalue weighted by atomic mass is 9.98. The molecular weight excluding hydrogens is 409 g/mol. The van der Waals surface area contributed by atoms with E-state index in [4.69, 9.17) is 4.74 Å². The number of nitrogens with zero attached hydrogens (tertiary/aromatic N) is 3. The summed E-state index contributed by atoms with van der Waals surface area (Å²) in [5.41, 5.74) is 2.69. The number of ether oxygens (including phenoxy) is 1. The lowest BCUT2D eigenvalue weighted by molar-refractivity contribution is 0.148. The number of carbonyl (C=O) groups excluding carboxylic acids is 1. The van der Waals surface area contributed by atoms with Crippen LogP contribution in [-0.4, -0.2) is 40.6 Å². The molecule has 1 aliphatic rings. The van der Waals surface area contributed by atoms with E-state index in [0.29, 0.717) is 19.7 Å². The lowest BCUT2D eigenvalue weighted by Crippen LogP contribution is -2.42. The highest BCUT2D eigenvalue weighted by molar-refractivity contribution is 5.89. The molecule has 0 spiro atoms. The number of amides is 2. The van der Waals surface area contributed by atoms with Crippen molar-refractivity contribution in [3.05, 3.63) is 72.2 Å². The smallest absolute Gasteiger partial charge is 0.321 e. The summed E-state index contributed by atoms with van der Waals surface area (Å²) in [6, 6.07) is 17.0. The Kier molecular flexibility index (Phi) is 6.79. The number of aryl methyl sites for hydroxylation is 1. The normalized spacial score (nSPS) is 14.1. The minimum Gasteiger partial charge on any atom is -0.475 e. The highest BCUT2D eigenvalue weighted by Gasteiger charge is 2.24. The molecule has 3 aromatic rings. The minimum absolute atomic E-state index is 0.0712. The number of urea groups is 1. The largest absolute Gasteiger partial charge is 0.475 e. The van der Waals surface area contributed by atoms with Gasteiger partial charge in [-0.15, -0.1) is 0 Å². The van der Waals surface area contributed by atoms with Crippen LogP contribution in [0.1, 0.15) is 18.4 Å². The van der Waals surface area contributed by atoms with Gasteiger partial charge in [0.05, 0.1) is 12.8 Å². The number of piperidine rings is 1. The number of halogens is 1. The summed E-state index contributed by atoms with van der Waals surface area (Å²) in [6.45, 7) is 3.58. The molecule has 0 saturated carbocycles. The Hall–Kier alpha value is -3.68. The fourth-order valence-corrected chi connectivity index (χ4v) is 3.59. The van der Waals surface area contributed by atoms with Crippen molar-refractivity contribution in [2.45, 2.75) is 19.8 Å². The van der Waals surface area contributed by atoms with Crippen molar-refractivity contribution in [1.29, 1.82) is 0 Å². The molecule has 8 heteroatoms. The predicted octanol–water partition coefficient (Wildman–Crippen LogP) is 4.99. The summed E-state index contributed by atoms with van der Waals surface area (Å²) < 4.78 is 19.8. The molecule has 2 aromatic carbocycles. The summed E-state index contributed by atoms with van der Waals surface area (Å²) in [5, 5.41) is 5.97. The number of nitrogens with one attached hydrogen (secondary N) is 2. The van der Waals surface area contributed by atoms with Crippen LogP contribution >= 0.6 is 0 Å². The van der Waals surface area contributed by atoms with Crippen LogP contribution in [-0.2, 0) is 0 Å². The first-order chi connectivity index (χ1) is 15.6. The van der Waals surface area contributed by atoms with Crippen molar-refractivity contribution < 1.29 is 13.9 Å². The zero-order valence-electron chi connectivity index (χ0n) is 17.9. The predicted molar refractivity (Wildman–Crippen MR) is 122 cm³/mol. The average molecular weight is 436 g/mol. The van der Waals surface area contributed by atoms with E-state index >= 15 is 0 Å². The van der Waals surface area contributed by atoms with Crippen LogP contribution in [0.3, 0.4) is 0 Å². The third-order valence-electron chi connectivity index (χ3n) is 5.37. The number of hydrogen-bond donors (Lipinski definition) is 2. The Morgan fingerprint density at radius 2 is 1.88 bits per heavy atom. The van der Waals surface area contributed by atoms with Crippen molar-refractivity contribution in [3.63, 3.8) is 0 Å². The second-order valence-corrected chi connectivity index (χ2v) is 7.88. The van der Waals surface area contributed by atoms with Crippen molar-refractivity contribution >= 4 is 23.4 Å². The molecule has 0 aliphatic carbocycles. The van der Waals surface area contributed by atoms with Crippen LogP contribution in [0.15, 0.2) is 60.8 Å². The number of para-hydroxylation sites is 1. The molecule has 0 radical (unpaired) electrons. The molecule has 2 heterocycles. The van der Waals surface area contributed by atoms with Crippen molar-refractivity contribution in [3.8, 4) is 5.88 Å². The van der Waals surface area contributed by atoms with E-state index in [0.717, 1.165) is 36.0 Å². The van der Waals surface area contributed by atoms with Crippen molar-refractivity contribution in [2.24, 2.45) is 5.92 Å². The van der Waals surface area contributed by atoms with Crippen LogP contribution in [0.5, 0.6) is 5.88 Å². The second-order valence-electron chi connectivity index (χ2n) is 7.88. The number of benzene rings is 2. The van der Waals surface area contributed by atoms with Gasteiger partial charge < -0.3 is 20.3 Å². The molecular formula is C24H26FN5O2. The molecule has 7 nitrogen and oxygen atoms in total. The van der Waals surface area contributed by atoms with Crippen LogP contribution in [0.2, 0.25) is 0 Å². The standard InChI is InChI=1S/C24H26FN5O2/c1-17-6-5-9-20(14-17)28-24(31)30-12-10-18(11-13-30)16-32-22-21(25)15-26-23(29-22)27-19-7-3-2-4-8-19/h2-9,14-15,18H,10-13,16H2,1H3,(H,28,31)(H,26,27,29). The van der Waals surface area contributed by atoms with Crippen LogP contribution < -0.4 is 15.4 Å². The Labute approximate surface area is 186 Å². The number of aromatic nitrogens is 2. The van der Waals surface area contributed by atoms with Gasteiger partial charge in [-0.05, 0) is 55.5 Å². The van der Waals surface area contributed by atoms with E-state index in [1.165, 1.54) is 0 Å². The third kappa shape index (κ3) is 5.72. The third-order valence-corrected chi connectivity index (χ3v) is 5.37. The van der Waals surface area contributed by atoms with Gasteiger partial charge in [0.2, 0.25) is 11.8 Å². The minimum atomic E-state index is -0.599. The van der Waals surface area contributed by atoms with E-state index in [1.54, 1.807) is 4.90 Å². The first kappa shape index (κ1) is 21.5. The number of hydrogen-bond acceptors (Lipinski definition) is 5. The van der Waals surface area contributed by atoms with Gasteiger partial charge >= 0.3 is 6.03 Å². The molecule has 1 aliphatic heterocycles. The molecule has 0 atom stereocenters. The highest BCUT2D eigenvalue weighted by Crippen LogP contribution is 2.22. The van der Waals surface area contributed by atoms with Gasteiger partial charge in [0.15, 0.2) is 0 Å². The monoisotopic (exact) mass is 435 g/mol. The number of anilines is 3. The van der Waals surface area contributed by atoms with Crippen molar-refractivity contribution in [2.75, 3.05) is 30.3 Å². The van der Waals surface area contributed by atoms with E-state index in [2.05, 4.69) is 20.6 Å². The quantitative estimate of drug-likeness (QED) is 0.570. The maximum Gasteiger partial charge on any atom is 0.321 e. The topological polar surface area (TPSA) is 79.4 Å². The summed E-state index contributed by atoms with van der Waals surface area (Å²) in [5.74, 6) is -0.176. The molecule has 1 fully saturated rings. The first-order valence-electron chi connectivity index (χ1n) is 10.7. The number of rotatable bonds is 6. The lowest BCUT2D eigenvalue weighted by Gasteiger charge is -2.31. The van der Waals surface area contributed by atoms with E-state index in [-0.39, 0.29) is 23.8 Å². The first-order valence-corrected chi connectivity index (χ1v) is 10.7. The Balaban J connectivity index is 1.26. The van der Waals surface area contributed by atoms with E-state index in [9.17, 15) is 9.18 Å². The van der Waals surface area contributed by atoms with Gasteiger partial charge in [0.25, 0.3) is 5.88 Å². The van der Waals surface area contributed by atoms with E-state index in [1.807, 2.05) is 61.5 Å². The summed E-state index contributed by atoms with van der Waals surface area (Å²) in [4.78, 5) is 22.4. The zero-order valence-corrected chi connectivity index (χ0v) is 17.9. The maximum atomic E-state index is 14.1. The molecule has 166 valence electrons. The Morgan fingerprint density at radius 3 is 2.62 bits per heavy atom. The van der Waals surface area contributed by atoms with Crippen LogP contribution in [0.4, 0.5) is 26.5 Å². The molecule has 2 N–H and O–H groups in total. The Bertz CT molecular complexity index is 1060. The SMILES string of the molecule is Cc1cccc(NC(=O)N2CCC(COc3nc(Nc4ccccc4)ncc3F)CC2)c1. The number of carbonyl (C=O) groups is 1. The molecule has 32 heavy (non-hydrogen) atoms. The maximum absolute atomic E-state index is 14.1. The summed E-state index contributed by atoms with van der Waals surface area (Å²) in [6.07, 6.45) is 2.66. The van der Waals surface area contributed by atoms with Gasteiger partial charge in [-0.25, -0.2) is 9.78 Å². The molecule has 0 bridgehead atoms. The molecule has 2 amide bonds. The van der Waals surface area contributed by atoms with Gasteiger partial charge in [0, 0.05) is 24.5 Å². The molecule has 0 unspecified atom stereocenters. The molecule has 1 aromatic heterocycles. The summed E-state index contributed by atoms with van der Waals surface area (Å²) in [7, 11) is 0. The van der Waals surface area contributed by atoms with Gasteiger partial charge in [-0.1, -0.05) is 30.3 Å². The number of likely N-dealkylation sites (tertiary alicyclic amines) is 1. The van der Waals surface area contributed by atoms with Crippen LogP contribution in [0.25, 0.3) is 0 Å².